The number of nitrogens with zero attached hydrogens (tertiary/aromatic N) is 2. The van der Waals surface area contributed by atoms with E-state index in [2.05, 4.69) is 86.2 Å². The third-order valence-electron chi connectivity index (χ3n) is 7.70. The van der Waals surface area contributed by atoms with E-state index in [0.29, 0.717) is 11.2 Å². The van der Waals surface area contributed by atoms with Gasteiger partial charge in [0.05, 0.1) is 23.5 Å². The number of nitrogens with one attached hydrogen (secondary N) is 4. The van der Waals surface area contributed by atoms with Gasteiger partial charge in [0.2, 0.25) is 0 Å². The normalized spacial score (nSPS) is 19.7. The lowest BCUT2D eigenvalue weighted by molar-refractivity contribution is 0.613. The molecule has 4 heterocycles. The van der Waals surface area contributed by atoms with Crippen molar-refractivity contribution in [2.45, 2.75) is 37.8 Å². The number of hydrogen-bond acceptors (Lipinski definition) is 4. The molecule has 0 bridgehead atoms. The van der Waals surface area contributed by atoms with Gasteiger partial charge >= 0.3 is 0 Å². The van der Waals surface area contributed by atoms with Crippen molar-refractivity contribution in [1.29, 1.82) is 0 Å². The highest BCUT2D eigenvalue weighted by atomic mass is 35.5. The molecule has 0 spiro atoms. The first kappa shape index (κ1) is 22.7. The fourth-order valence-corrected chi connectivity index (χ4v) is 5.89. The Balaban J connectivity index is 1.12. The molecule has 2 saturated heterocycles. The molecule has 3 aromatic carbocycles. The van der Waals surface area contributed by atoms with Gasteiger partial charge in [-0.2, -0.15) is 0 Å². The van der Waals surface area contributed by atoms with Gasteiger partial charge in [0.15, 0.2) is 5.15 Å². The quantitative estimate of drug-likeness (QED) is 0.211. The summed E-state index contributed by atoms with van der Waals surface area (Å²) in [5, 5.41) is 9.93. The zero-order valence-corrected chi connectivity index (χ0v) is 21.3. The first-order chi connectivity index (χ1) is 18.2. The molecule has 7 heteroatoms. The molecule has 2 fully saturated rings. The van der Waals surface area contributed by atoms with Gasteiger partial charge in [-0.3, -0.25) is 0 Å². The van der Waals surface area contributed by atoms with Crippen molar-refractivity contribution in [2.75, 3.05) is 13.1 Å². The van der Waals surface area contributed by atoms with E-state index in [1.54, 1.807) is 0 Å². The molecule has 37 heavy (non-hydrogen) atoms. The van der Waals surface area contributed by atoms with E-state index in [4.69, 9.17) is 16.6 Å². The molecule has 2 aliphatic rings. The van der Waals surface area contributed by atoms with E-state index < -0.39 is 0 Å². The van der Waals surface area contributed by atoms with Gasteiger partial charge in [0.1, 0.15) is 11.6 Å². The molecule has 0 amide bonds. The zero-order valence-electron chi connectivity index (χ0n) is 20.5. The van der Waals surface area contributed by atoms with Gasteiger partial charge in [-0.15, -0.1) is 0 Å². The average Bonchev–Trinajstić information content (AvgIpc) is 3.75. The summed E-state index contributed by atoms with van der Waals surface area (Å²) in [5.74, 6) is 1.96. The van der Waals surface area contributed by atoms with Gasteiger partial charge in [-0.1, -0.05) is 60.1 Å². The van der Waals surface area contributed by atoms with Gasteiger partial charge in [-0.05, 0) is 72.8 Å². The minimum absolute atomic E-state index is 0.267. The van der Waals surface area contributed by atoms with Gasteiger partial charge in [0, 0.05) is 17.3 Å². The van der Waals surface area contributed by atoms with Crippen LogP contribution in [0.3, 0.4) is 0 Å². The van der Waals surface area contributed by atoms with E-state index in [1.165, 1.54) is 34.7 Å². The topological polar surface area (TPSA) is 81.4 Å². The number of aromatic nitrogens is 4. The lowest BCUT2D eigenvalue weighted by atomic mass is 9.98. The molecule has 186 valence electrons. The molecule has 2 aromatic heterocycles. The van der Waals surface area contributed by atoms with E-state index in [1.807, 2.05) is 6.20 Å². The Bertz CT molecular complexity index is 1560. The summed E-state index contributed by atoms with van der Waals surface area (Å²) in [6.07, 6.45) is 6.63. The molecular weight excluding hydrogens is 480 g/mol. The first-order valence-corrected chi connectivity index (χ1v) is 13.5. The van der Waals surface area contributed by atoms with E-state index in [9.17, 15) is 0 Å². The Hall–Kier alpha value is -3.45. The van der Waals surface area contributed by atoms with E-state index in [0.717, 1.165) is 60.1 Å². The van der Waals surface area contributed by atoms with Crippen LogP contribution in [0, 0.1) is 0 Å². The standard InChI is InChI=1S/C30H29ClN6/c31-28-27(36-30(37-28)25-4-2-14-33-25)19-7-5-18(6-8-19)20-9-10-22-16-23(12-11-21(22)15-20)26-17-34-29(35-26)24-3-1-13-32-24/h5-12,15-17,24-25,32-33H,1-4,13-14H2,(H,34,35)(H,36,37)/t24?,25-/m0/s1. The number of rotatable bonds is 5. The summed E-state index contributed by atoms with van der Waals surface area (Å²) in [6.45, 7) is 2.10. The van der Waals surface area contributed by atoms with Crippen LogP contribution in [0.25, 0.3) is 44.4 Å². The summed E-state index contributed by atoms with van der Waals surface area (Å²) >= 11 is 6.49. The Kier molecular flexibility index (Phi) is 5.80. The van der Waals surface area contributed by atoms with E-state index >= 15 is 0 Å². The Morgan fingerprint density at radius 3 is 2.00 bits per heavy atom. The van der Waals surface area contributed by atoms with Crippen LogP contribution in [0.2, 0.25) is 5.15 Å². The minimum Gasteiger partial charge on any atom is -0.347 e. The number of halogens is 1. The lowest BCUT2D eigenvalue weighted by Gasteiger charge is -2.08. The van der Waals surface area contributed by atoms with Crippen LogP contribution >= 0.6 is 11.6 Å². The molecule has 6 nitrogen and oxygen atoms in total. The minimum atomic E-state index is 0.267. The second-order valence-corrected chi connectivity index (χ2v) is 10.5. The maximum atomic E-state index is 6.49. The highest BCUT2D eigenvalue weighted by molar-refractivity contribution is 6.31. The summed E-state index contributed by atoms with van der Waals surface area (Å²) in [4.78, 5) is 16.2. The van der Waals surface area contributed by atoms with Crippen LogP contribution in [0.4, 0.5) is 0 Å². The Morgan fingerprint density at radius 1 is 0.676 bits per heavy atom. The number of benzene rings is 3. The van der Waals surface area contributed by atoms with Crippen molar-refractivity contribution in [3.63, 3.8) is 0 Å². The average molecular weight is 509 g/mol. The summed E-state index contributed by atoms with van der Waals surface area (Å²) in [7, 11) is 0. The number of fused-ring (bicyclic) bond motifs is 1. The first-order valence-electron chi connectivity index (χ1n) is 13.1. The number of hydrogen-bond donors (Lipinski definition) is 4. The third kappa shape index (κ3) is 4.35. The maximum absolute atomic E-state index is 6.49. The van der Waals surface area contributed by atoms with Crippen molar-refractivity contribution in [1.82, 2.24) is 30.6 Å². The largest absolute Gasteiger partial charge is 0.347 e. The molecule has 7 rings (SSSR count). The van der Waals surface area contributed by atoms with Gasteiger partial charge in [0.25, 0.3) is 0 Å². The maximum Gasteiger partial charge on any atom is 0.155 e. The van der Waals surface area contributed by atoms with Crippen LogP contribution in [0.1, 0.15) is 49.4 Å². The molecule has 1 unspecified atom stereocenters. The highest BCUT2D eigenvalue weighted by Crippen LogP contribution is 2.33. The third-order valence-corrected chi connectivity index (χ3v) is 7.97. The summed E-state index contributed by atoms with van der Waals surface area (Å²) in [6, 6.07) is 22.3. The monoisotopic (exact) mass is 508 g/mol. The fourth-order valence-electron chi connectivity index (χ4n) is 5.64. The molecule has 5 aromatic rings. The second kappa shape index (κ2) is 9.45. The van der Waals surface area contributed by atoms with Crippen LogP contribution in [0.15, 0.2) is 66.9 Å². The molecule has 2 aliphatic heterocycles. The van der Waals surface area contributed by atoms with Gasteiger partial charge in [-0.25, -0.2) is 9.97 Å². The summed E-state index contributed by atoms with van der Waals surface area (Å²) in [5.41, 5.74) is 6.41. The van der Waals surface area contributed by atoms with Crippen molar-refractivity contribution < 1.29 is 0 Å². The van der Waals surface area contributed by atoms with Crippen LogP contribution in [0.5, 0.6) is 0 Å². The SMILES string of the molecule is Clc1nc([C@@H]2CCCN2)[nH]c1-c1ccc(-c2ccc3cc(-c4c[nH]c(C5CCCN5)n4)ccc3c2)cc1. The van der Waals surface area contributed by atoms with Crippen molar-refractivity contribution in [2.24, 2.45) is 0 Å². The van der Waals surface area contributed by atoms with Crippen molar-refractivity contribution in [3.05, 3.63) is 83.7 Å². The van der Waals surface area contributed by atoms with Crippen molar-refractivity contribution >= 4 is 22.4 Å². The van der Waals surface area contributed by atoms with Crippen LogP contribution in [-0.4, -0.2) is 33.0 Å². The molecule has 2 atom stereocenters. The number of aromatic amines is 2. The summed E-state index contributed by atoms with van der Waals surface area (Å²) < 4.78 is 0. The molecular formula is C30H29ClN6. The smallest absolute Gasteiger partial charge is 0.155 e. The predicted molar refractivity (Wildman–Crippen MR) is 150 cm³/mol. The number of imidazole rings is 2. The van der Waals surface area contributed by atoms with E-state index in [-0.39, 0.29) is 6.04 Å². The van der Waals surface area contributed by atoms with Crippen LogP contribution < -0.4 is 10.6 Å². The second-order valence-electron chi connectivity index (χ2n) is 10.1. The Labute approximate surface area is 220 Å². The zero-order chi connectivity index (χ0) is 24.8. The molecule has 4 N–H and O–H groups in total. The lowest BCUT2D eigenvalue weighted by Crippen LogP contribution is -2.14. The Morgan fingerprint density at radius 2 is 1.30 bits per heavy atom. The van der Waals surface area contributed by atoms with Crippen molar-refractivity contribution in [3.8, 4) is 33.6 Å². The molecule has 0 aliphatic carbocycles. The highest BCUT2D eigenvalue weighted by Gasteiger charge is 2.22. The fraction of sp³-hybridized carbons (Fsp3) is 0.267. The molecule has 0 saturated carbocycles. The molecule has 0 radical (unpaired) electrons. The number of H-pyrrole nitrogens is 2. The van der Waals surface area contributed by atoms with Gasteiger partial charge < -0.3 is 20.6 Å². The predicted octanol–water partition coefficient (Wildman–Crippen LogP) is 6.79. The van der Waals surface area contributed by atoms with Crippen LogP contribution in [-0.2, 0) is 0 Å².